The Kier molecular flexibility index (Phi) is 18.4. The van der Waals surface area contributed by atoms with Gasteiger partial charge in [-0.05, 0) is 94.4 Å². The van der Waals surface area contributed by atoms with Crippen LogP contribution in [0, 0.1) is 18.7 Å². The van der Waals surface area contributed by atoms with Gasteiger partial charge in [0, 0.05) is 68.4 Å². The molecule has 22 nitrogen and oxygen atoms in total. The fourth-order valence-electron chi connectivity index (χ4n) is 11.3. The fraction of sp³-hybridized carbons (Fsp3) is 0.526. The van der Waals surface area contributed by atoms with E-state index in [0.29, 0.717) is 72.2 Å². The number of likely N-dealkylation sites (tertiary alicyclic amines) is 1. The molecule has 430 valence electrons. The summed E-state index contributed by atoms with van der Waals surface area (Å²) in [5.74, 6) is -5.86. The first kappa shape index (κ1) is 58.8. The number of rotatable bonds is 23. The van der Waals surface area contributed by atoms with Gasteiger partial charge in [-0.3, -0.25) is 28.9 Å². The summed E-state index contributed by atoms with van der Waals surface area (Å²) in [6.45, 7) is 10.4. The largest absolute Gasteiger partial charge is 0.457 e. The quantitative estimate of drug-likeness (QED) is 0.0463. The first-order valence-corrected chi connectivity index (χ1v) is 27.4. The summed E-state index contributed by atoms with van der Waals surface area (Å²) < 4.78 is 34.7. The van der Waals surface area contributed by atoms with Gasteiger partial charge < -0.3 is 60.9 Å². The van der Waals surface area contributed by atoms with Gasteiger partial charge in [0.25, 0.3) is 5.56 Å². The molecule has 1 saturated heterocycles. The molecule has 4 aliphatic rings. The van der Waals surface area contributed by atoms with Crippen molar-refractivity contribution >= 4 is 52.6 Å². The van der Waals surface area contributed by atoms with Crippen molar-refractivity contribution in [2.24, 2.45) is 17.4 Å². The van der Waals surface area contributed by atoms with Gasteiger partial charge >= 0.3 is 18.0 Å². The molecule has 0 unspecified atom stereocenters. The zero-order valence-corrected chi connectivity index (χ0v) is 46.7. The number of halogens is 1. The van der Waals surface area contributed by atoms with Crippen molar-refractivity contribution in [2.45, 2.75) is 116 Å². The third kappa shape index (κ3) is 12.3. The minimum absolute atomic E-state index is 0.0113. The van der Waals surface area contributed by atoms with E-state index in [2.05, 4.69) is 25.8 Å². The van der Waals surface area contributed by atoms with Gasteiger partial charge in [0.05, 0.1) is 48.0 Å². The van der Waals surface area contributed by atoms with E-state index >= 15 is 4.39 Å². The first-order chi connectivity index (χ1) is 38.2. The van der Waals surface area contributed by atoms with Crippen molar-refractivity contribution in [3.63, 3.8) is 0 Å². The SMILES string of the molecule is CC[C@@]1(OC(=O)[C@@H](NC(=O)[C@@H]2CCCN2C(=O)[C@H](CC(N)=O)NC(=O)CN(C)CCN(C)CCN(C)CCN)C(C)C)C(=O)OCc2c1cc1n(c2=O)Cc2c-1nc1cc(F)c(C)c3c1c2[C@@H](NC(=O)OCc1ccccc1)CC3. The number of esters is 2. The summed E-state index contributed by atoms with van der Waals surface area (Å²) >= 11 is 0. The van der Waals surface area contributed by atoms with E-state index < -0.39 is 102 Å². The van der Waals surface area contributed by atoms with Crippen LogP contribution in [0.2, 0.25) is 0 Å². The molecule has 0 radical (unpaired) electrons. The normalized spacial score (nSPS) is 18.9. The number of carbonyl (C=O) groups is 7. The van der Waals surface area contributed by atoms with Crippen LogP contribution in [0.15, 0.2) is 47.3 Å². The highest BCUT2D eigenvalue weighted by Crippen LogP contribution is 2.47. The van der Waals surface area contributed by atoms with Gasteiger partial charge in [-0.1, -0.05) is 51.1 Å². The Morgan fingerprint density at radius 1 is 0.938 bits per heavy atom. The number of hydrogen-bond donors (Lipinski definition) is 5. The second-order valence-electron chi connectivity index (χ2n) is 21.8. The lowest BCUT2D eigenvalue weighted by molar-refractivity contribution is -0.191. The Hall–Kier alpha value is -7.34. The Bertz CT molecular complexity index is 3120. The third-order valence-corrected chi connectivity index (χ3v) is 15.9. The molecular formula is C57H74FN11O11. The average molecular weight is 1110 g/mol. The molecule has 7 N–H and O–H groups in total. The third-order valence-electron chi connectivity index (χ3n) is 15.9. The number of nitrogens with one attached hydrogen (secondary N) is 3. The standard InChI is InChI=1S/C57H74FN11O11/c1-8-57(80-54(75)49(32(2)3)64-51(72)43-15-12-19-68(43)53(74)42(27-45(60)70)61-46(71)29-67(7)24-23-66(6)22-21-65(5)20-18-59)38-25-44-50-36(28-69(44)52(73)37(38)31-78-55(57)76)48-40(63-56(77)79-30-34-13-10-9-11-14-34)17-16-35-33(4)39(58)26-41(62-50)47(35)48/h9-11,13-14,25-26,32,40,42-43,49H,8,12,15-24,27-31,59H2,1-7H3,(H2,60,70)(H,61,71)(H,63,77)(H,64,72)/t40-,42-,43-,49-,57-/m0/s1. The number of ether oxygens (including phenoxy) is 3. The van der Waals surface area contributed by atoms with Crippen LogP contribution in [0.4, 0.5) is 9.18 Å². The van der Waals surface area contributed by atoms with Crippen molar-refractivity contribution in [1.29, 1.82) is 0 Å². The summed E-state index contributed by atoms with van der Waals surface area (Å²) in [5, 5.41) is 9.08. The highest BCUT2D eigenvalue weighted by molar-refractivity contribution is 5.97. The predicted molar refractivity (Wildman–Crippen MR) is 293 cm³/mol. The second-order valence-corrected chi connectivity index (χ2v) is 21.8. The number of nitrogens with zero attached hydrogens (tertiary/aromatic N) is 6. The maximum atomic E-state index is 15.7. The molecule has 5 heterocycles. The number of alkyl carbamates (subject to hydrolysis) is 1. The fourth-order valence-corrected chi connectivity index (χ4v) is 11.3. The van der Waals surface area contributed by atoms with Gasteiger partial charge in [0.2, 0.25) is 29.2 Å². The Balaban J connectivity index is 1.01. The number of carbonyl (C=O) groups excluding carboxylic acids is 7. The van der Waals surface area contributed by atoms with Gasteiger partial charge in [0.15, 0.2) is 0 Å². The maximum Gasteiger partial charge on any atom is 0.407 e. The topological polar surface area (TPSA) is 283 Å². The molecule has 3 aliphatic heterocycles. The van der Waals surface area contributed by atoms with Crippen LogP contribution in [-0.2, 0) is 74.8 Å². The summed E-state index contributed by atoms with van der Waals surface area (Å²) in [6.07, 6.45) is 0.0218. The van der Waals surface area contributed by atoms with E-state index in [4.69, 9.17) is 30.7 Å². The van der Waals surface area contributed by atoms with Crippen molar-refractivity contribution < 1.29 is 52.2 Å². The molecule has 5 atom stereocenters. The van der Waals surface area contributed by atoms with E-state index in [1.54, 1.807) is 45.7 Å². The first-order valence-electron chi connectivity index (χ1n) is 27.4. The Morgan fingerprint density at radius 3 is 2.31 bits per heavy atom. The molecule has 0 spiro atoms. The van der Waals surface area contributed by atoms with Gasteiger partial charge in [-0.15, -0.1) is 0 Å². The highest BCUT2D eigenvalue weighted by Gasteiger charge is 2.52. The zero-order valence-electron chi connectivity index (χ0n) is 46.7. The van der Waals surface area contributed by atoms with Crippen LogP contribution in [-0.4, -0.2) is 162 Å². The second kappa shape index (κ2) is 25.0. The Morgan fingerprint density at radius 2 is 1.64 bits per heavy atom. The molecule has 0 bridgehead atoms. The maximum absolute atomic E-state index is 15.7. The zero-order chi connectivity index (χ0) is 57.7. The predicted octanol–water partition coefficient (Wildman–Crippen LogP) is 2.24. The van der Waals surface area contributed by atoms with Crippen LogP contribution in [0.1, 0.15) is 97.9 Å². The van der Waals surface area contributed by atoms with Gasteiger partial charge in [-0.25, -0.2) is 23.8 Å². The number of primary amides is 1. The molecule has 80 heavy (non-hydrogen) atoms. The summed E-state index contributed by atoms with van der Waals surface area (Å²) in [5.41, 5.74) is 12.7. The van der Waals surface area contributed by atoms with E-state index in [1.807, 2.05) is 44.4 Å². The monoisotopic (exact) mass is 1110 g/mol. The molecule has 1 aliphatic carbocycles. The number of likely N-dealkylation sites (N-methyl/N-ethyl adjacent to an activating group) is 3. The van der Waals surface area contributed by atoms with E-state index in [-0.39, 0.29) is 55.9 Å². The average Bonchev–Trinajstić information content (AvgIpc) is 4.11. The molecule has 4 aromatic rings. The lowest BCUT2D eigenvalue weighted by atomic mass is 9.81. The van der Waals surface area contributed by atoms with Crippen molar-refractivity contribution in [3.05, 3.63) is 97.6 Å². The highest BCUT2D eigenvalue weighted by atomic mass is 19.1. The minimum Gasteiger partial charge on any atom is -0.457 e. The number of pyridine rings is 2. The number of nitrogens with two attached hydrogens (primary N) is 2. The molecule has 5 amide bonds. The summed E-state index contributed by atoms with van der Waals surface area (Å²) in [4.78, 5) is 123. The van der Waals surface area contributed by atoms with Crippen LogP contribution in [0.25, 0.3) is 22.3 Å². The van der Waals surface area contributed by atoms with Crippen molar-refractivity contribution in [2.75, 3.05) is 73.5 Å². The number of amides is 5. The number of benzene rings is 2. The summed E-state index contributed by atoms with van der Waals surface area (Å²) in [6, 6.07) is 7.62. The molecule has 0 saturated carbocycles. The van der Waals surface area contributed by atoms with Crippen LogP contribution in [0.5, 0.6) is 0 Å². The Labute approximate surface area is 464 Å². The van der Waals surface area contributed by atoms with Crippen LogP contribution >= 0.6 is 0 Å². The molecule has 8 rings (SSSR count). The van der Waals surface area contributed by atoms with E-state index in [1.165, 1.54) is 15.5 Å². The number of fused-ring (bicyclic) bond motifs is 5. The number of hydrogen-bond acceptors (Lipinski definition) is 16. The van der Waals surface area contributed by atoms with Gasteiger partial charge in [-0.2, -0.15) is 0 Å². The van der Waals surface area contributed by atoms with E-state index in [9.17, 15) is 38.4 Å². The molecule has 2 aromatic heterocycles. The van der Waals surface area contributed by atoms with E-state index in [0.717, 1.165) is 30.8 Å². The van der Waals surface area contributed by atoms with Crippen LogP contribution in [0.3, 0.4) is 0 Å². The number of cyclic esters (lactones) is 1. The summed E-state index contributed by atoms with van der Waals surface area (Å²) in [7, 11) is 5.73. The van der Waals surface area contributed by atoms with Gasteiger partial charge in [0.1, 0.15) is 37.2 Å². The minimum atomic E-state index is -2.19. The molecule has 23 heteroatoms. The lowest BCUT2D eigenvalue weighted by Crippen LogP contribution is -2.58. The molecule has 1 fully saturated rings. The van der Waals surface area contributed by atoms with Crippen LogP contribution < -0.4 is 33.0 Å². The smallest absolute Gasteiger partial charge is 0.407 e. The van der Waals surface area contributed by atoms with Crippen molar-refractivity contribution in [3.8, 4) is 11.4 Å². The van der Waals surface area contributed by atoms with Crippen molar-refractivity contribution in [1.82, 2.24) is 45.1 Å². The number of aromatic nitrogens is 2. The molecule has 2 aromatic carbocycles. The lowest BCUT2D eigenvalue weighted by Gasteiger charge is -2.37. The molecular weight excluding hydrogens is 1030 g/mol. The number of aryl methyl sites for hydroxylation is 1.